The SMILES string of the molecule is CCCN(CC(=O)O)CC(=O)Nc1cccc(SC)c1.Cl. The minimum absolute atomic E-state index is 0. The van der Waals surface area contributed by atoms with Crippen LogP contribution in [0.15, 0.2) is 29.2 Å². The van der Waals surface area contributed by atoms with Crippen molar-refractivity contribution in [1.82, 2.24) is 4.90 Å². The van der Waals surface area contributed by atoms with Gasteiger partial charge in [-0.1, -0.05) is 13.0 Å². The van der Waals surface area contributed by atoms with Crippen LogP contribution < -0.4 is 5.32 Å². The van der Waals surface area contributed by atoms with Crippen LogP contribution >= 0.6 is 24.2 Å². The minimum atomic E-state index is -0.921. The first-order valence-corrected chi connectivity index (χ1v) is 7.65. The molecule has 0 heterocycles. The fourth-order valence-electron chi connectivity index (χ4n) is 1.83. The van der Waals surface area contributed by atoms with Crippen LogP contribution in [0.25, 0.3) is 0 Å². The van der Waals surface area contributed by atoms with Crippen LogP contribution in [0, 0.1) is 0 Å². The number of thioether (sulfide) groups is 1. The molecule has 0 saturated carbocycles. The Kier molecular flexibility index (Phi) is 9.86. The van der Waals surface area contributed by atoms with Gasteiger partial charge in [-0.15, -0.1) is 24.2 Å². The first-order valence-electron chi connectivity index (χ1n) is 6.43. The van der Waals surface area contributed by atoms with E-state index in [0.717, 1.165) is 17.0 Å². The van der Waals surface area contributed by atoms with E-state index >= 15 is 0 Å². The number of hydrogen-bond donors (Lipinski definition) is 2. The van der Waals surface area contributed by atoms with E-state index in [1.165, 1.54) is 0 Å². The molecule has 0 spiro atoms. The zero-order valence-electron chi connectivity index (χ0n) is 12.2. The standard InChI is InChI=1S/C14H20N2O3S.ClH/c1-3-7-16(10-14(18)19)9-13(17)15-11-5-4-6-12(8-11)20-2;/h4-6,8H,3,7,9-10H2,1-2H3,(H,15,17)(H,18,19);1H. The van der Waals surface area contributed by atoms with E-state index in [-0.39, 0.29) is 31.4 Å². The van der Waals surface area contributed by atoms with Gasteiger partial charge in [-0.3, -0.25) is 14.5 Å². The fraction of sp³-hybridized carbons (Fsp3) is 0.429. The van der Waals surface area contributed by atoms with E-state index in [4.69, 9.17) is 5.11 Å². The van der Waals surface area contributed by atoms with Crippen LogP contribution in [0.4, 0.5) is 5.69 Å². The van der Waals surface area contributed by atoms with E-state index in [0.29, 0.717) is 6.54 Å². The molecule has 118 valence electrons. The first kappa shape index (κ1) is 19.8. The fourth-order valence-corrected chi connectivity index (χ4v) is 2.29. The third-order valence-corrected chi connectivity index (χ3v) is 3.34. The van der Waals surface area contributed by atoms with Gasteiger partial charge in [0.2, 0.25) is 5.91 Å². The molecule has 1 rings (SSSR count). The van der Waals surface area contributed by atoms with Crippen molar-refractivity contribution < 1.29 is 14.7 Å². The Morgan fingerprint density at radius 2 is 2.05 bits per heavy atom. The summed E-state index contributed by atoms with van der Waals surface area (Å²) in [4.78, 5) is 25.3. The van der Waals surface area contributed by atoms with E-state index < -0.39 is 5.97 Å². The molecule has 0 aromatic heterocycles. The number of rotatable bonds is 8. The number of amides is 1. The molecule has 5 nitrogen and oxygen atoms in total. The highest BCUT2D eigenvalue weighted by Gasteiger charge is 2.13. The molecule has 7 heteroatoms. The molecule has 0 aliphatic carbocycles. The Morgan fingerprint density at radius 1 is 1.33 bits per heavy atom. The summed E-state index contributed by atoms with van der Waals surface area (Å²) < 4.78 is 0. The molecule has 0 atom stereocenters. The van der Waals surface area contributed by atoms with Crippen LogP contribution in [0.3, 0.4) is 0 Å². The second-order valence-corrected chi connectivity index (χ2v) is 5.26. The van der Waals surface area contributed by atoms with Gasteiger partial charge in [0.05, 0.1) is 13.1 Å². The highest BCUT2D eigenvalue weighted by molar-refractivity contribution is 7.98. The molecule has 1 aromatic carbocycles. The largest absolute Gasteiger partial charge is 0.480 e. The summed E-state index contributed by atoms with van der Waals surface area (Å²) >= 11 is 1.60. The van der Waals surface area contributed by atoms with Crippen LogP contribution in [-0.2, 0) is 9.59 Å². The van der Waals surface area contributed by atoms with Gasteiger partial charge in [0.15, 0.2) is 0 Å². The van der Waals surface area contributed by atoms with E-state index in [2.05, 4.69) is 5.32 Å². The van der Waals surface area contributed by atoms with Crippen molar-refractivity contribution in [3.8, 4) is 0 Å². The lowest BCUT2D eigenvalue weighted by Gasteiger charge is -2.18. The van der Waals surface area contributed by atoms with Crippen LogP contribution in [0.5, 0.6) is 0 Å². The first-order chi connectivity index (χ1) is 9.55. The third-order valence-electron chi connectivity index (χ3n) is 2.62. The van der Waals surface area contributed by atoms with E-state index in [1.54, 1.807) is 16.7 Å². The van der Waals surface area contributed by atoms with Crippen molar-refractivity contribution in [2.75, 3.05) is 31.2 Å². The lowest BCUT2D eigenvalue weighted by Crippen LogP contribution is -2.37. The van der Waals surface area contributed by atoms with Crippen molar-refractivity contribution >= 4 is 41.7 Å². The summed E-state index contributed by atoms with van der Waals surface area (Å²) in [5.74, 6) is -1.12. The van der Waals surface area contributed by atoms with Crippen LogP contribution in [0.2, 0.25) is 0 Å². The zero-order valence-corrected chi connectivity index (χ0v) is 13.8. The average molecular weight is 333 g/mol. The molecule has 2 N–H and O–H groups in total. The number of carboxylic acid groups (broad SMARTS) is 1. The molecule has 0 fully saturated rings. The molecule has 0 aliphatic heterocycles. The predicted octanol–water partition coefficient (Wildman–Crippen LogP) is 2.57. The van der Waals surface area contributed by atoms with Gasteiger partial charge in [0.1, 0.15) is 0 Å². The number of nitrogens with zero attached hydrogens (tertiary/aromatic N) is 1. The summed E-state index contributed by atoms with van der Waals surface area (Å²) in [5, 5.41) is 11.6. The summed E-state index contributed by atoms with van der Waals surface area (Å²) in [6, 6.07) is 7.56. The molecule has 0 saturated heterocycles. The smallest absolute Gasteiger partial charge is 0.317 e. The highest BCUT2D eigenvalue weighted by atomic mass is 35.5. The number of carbonyl (C=O) groups is 2. The van der Waals surface area contributed by atoms with Crippen molar-refractivity contribution in [3.63, 3.8) is 0 Å². The summed E-state index contributed by atoms with van der Waals surface area (Å²) in [6.07, 6.45) is 2.78. The molecule has 0 aliphatic rings. The Balaban J connectivity index is 0.00000400. The van der Waals surface area contributed by atoms with Crippen molar-refractivity contribution in [3.05, 3.63) is 24.3 Å². The Bertz CT molecular complexity index is 471. The molecule has 0 unspecified atom stereocenters. The van der Waals surface area contributed by atoms with Gasteiger partial charge < -0.3 is 10.4 Å². The third kappa shape index (κ3) is 7.94. The van der Waals surface area contributed by atoms with Crippen molar-refractivity contribution in [2.45, 2.75) is 18.2 Å². The Labute approximate surface area is 135 Å². The maximum Gasteiger partial charge on any atom is 0.317 e. The minimum Gasteiger partial charge on any atom is -0.480 e. The van der Waals surface area contributed by atoms with Gasteiger partial charge >= 0.3 is 5.97 Å². The summed E-state index contributed by atoms with van der Waals surface area (Å²) in [5.41, 5.74) is 0.730. The van der Waals surface area contributed by atoms with E-state index in [1.807, 2.05) is 37.4 Å². The van der Waals surface area contributed by atoms with Crippen LogP contribution in [-0.4, -0.2) is 47.8 Å². The van der Waals surface area contributed by atoms with Gasteiger partial charge in [-0.05, 0) is 37.4 Å². The molecule has 1 amide bonds. The number of anilines is 1. The van der Waals surface area contributed by atoms with Gasteiger partial charge in [-0.25, -0.2) is 0 Å². The van der Waals surface area contributed by atoms with E-state index in [9.17, 15) is 9.59 Å². The number of carboxylic acids is 1. The Morgan fingerprint density at radius 3 is 2.62 bits per heavy atom. The zero-order chi connectivity index (χ0) is 15.0. The number of halogens is 1. The number of aliphatic carboxylic acids is 1. The van der Waals surface area contributed by atoms with Gasteiger partial charge in [0, 0.05) is 10.6 Å². The summed E-state index contributed by atoms with van der Waals surface area (Å²) in [6.45, 7) is 2.51. The molecular formula is C14H21ClN2O3S. The molecule has 0 radical (unpaired) electrons. The van der Waals surface area contributed by atoms with Gasteiger partial charge in [0.25, 0.3) is 0 Å². The topological polar surface area (TPSA) is 69.6 Å². The van der Waals surface area contributed by atoms with Gasteiger partial charge in [-0.2, -0.15) is 0 Å². The lowest BCUT2D eigenvalue weighted by atomic mass is 10.3. The van der Waals surface area contributed by atoms with Crippen LogP contribution in [0.1, 0.15) is 13.3 Å². The van der Waals surface area contributed by atoms with Crippen molar-refractivity contribution in [1.29, 1.82) is 0 Å². The second-order valence-electron chi connectivity index (χ2n) is 4.38. The molecular weight excluding hydrogens is 312 g/mol. The predicted molar refractivity (Wildman–Crippen MR) is 88.5 cm³/mol. The highest BCUT2D eigenvalue weighted by Crippen LogP contribution is 2.18. The molecule has 1 aromatic rings. The number of nitrogens with one attached hydrogen (secondary N) is 1. The molecule has 21 heavy (non-hydrogen) atoms. The molecule has 0 bridgehead atoms. The second kappa shape index (κ2) is 10.5. The number of hydrogen-bond acceptors (Lipinski definition) is 4. The maximum atomic E-state index is 11.9. The monoisotopic (exact) mass is 332 g/mol. The lowest BCUT2D eigenvalue weighted by molar-refractivity contribution is -0.138. The average Bonchev–Trinajstić information content (AvgIpc) is 2.38. The Hall–Kier alpha value is -1.24. The van der Waals surface area contributed by atoms with Crippen molar-refractivity contribution in [2.24, 2.45) is 0 Å². The maximum absolute atomic E-state index is 11.9. The number of benzene rings is 1. The normalized spacial score (nSPS) is 10.0. The quantitative estimate of drug-likeness (QED) is 0.716. The number of carbonyl (C=O) groups excluding carboxylic acids is 1. The summed E-state index contributed by atoms with van der Waals surface area (Å²) in [7, 11) is 0.